The summed E-state index contributed by atoms with van der Waals surface area (Å²) in [7, 11) is 0. The Morgan fingerprint density at radius 2 is 1.52 bits per heavy atom. The first-order valence-electron chi connectivity index (χ1n) is 7.75. The standard InChI is InChI=1S/C19H17N3O2S/c1-12-8-6-7-11-15(12)17(23)21-22-18(24)16-13(2)20-19(25-16)14-9-4-3-5-10-14/h3-11H,1-2H3,(H,21,23)(H,22,24). The van der Waals surface area contributed by atoms with Crippen LogP contribution in [-0.4, -0.2) is 16.8 Å². The van der Waals surface area contributed by atoms with Crippen LogP contribution < -0.4 is 10.9 Å². The summed E-state index contributed by atoms with van der Waals surface area (Å²) in [4.78, 5) is 29.5. The van der Waals surface area contributed by atoms with Gasteiger partial charge in [0.25, 0.3) is 11.8 Å². The number of aryl methyl sites for hydroxylation is 2. The second-order valence-electron chi connectivity index (χ2n) is 5.52. The van der Waals surface area contributed by atoms with Gasteiger partial charge in [0.05, 0.1) is 5.69 Å². The third-order valence-electron chi connectivity index (χ3n) is 3.70. The fourth-order valence-electron chi connectivity index (χ4n) is 2.38. The lowest BCUT2D eigenvalue weighted by molar-refractivity contribution is 0.0848. The van der Waals surface area contributed by atoms with Crippen molar-refractivity contribution >= 4 is 23.2 Å². The number of benzene rings is 2. The van der Waals surface area contributed by atoms with Gasteiger partial charge < -0.3 is 0 Å². The maximum absolute atomic E-state index is 12.4. The molecular formula is C19H17N3O2S. The molecular weight excluding hydrogens is 334 g/mol. The number of aromatic nitrogens is 1. The van der Waals surface area contributed by atoms with E-state index in [1.54, 1.807) is 19.1 Å². The van der Waals surface area contributed by atoms with E-state index in [0.717, 1.165) is 16.1 Å². The van der Waals surface area contributed by atoms with Crippen molar-refractivity contribution in [2.75, 3.05) is 0 Å². The molecule has 0 spiro atoms. The van der Waals surface area contributed by atoms with Gasteiger partial charge in [0.15, 0.2) is 0 Å². The Hall–Kier alpha value is -2.99. The Balaban J connectivity index is 1.71. The molecule has 2 amide bonds. The minimum Gasteiger partial charge on any atom is -0.267 e. The quantitative estimate of drug-likeness (QED) is 0.710. The molecule has 0 aliphatic heterocycles. The van der Waals surface area contributed by atoms with Crippen molar-refractivity contribution in [2.24, 2.45) is 0 Å². The number of hydrogen-bond donors (Lipinski definition) is 2. The van der Waals surface area contributed by atoms with Crippen molar-refractivity contribution in [3.8, 4) is 10.6 Å². The number of carbonyl (C=O) groups is 2. The molecule has 5 nitrogen and oxygen atoms in total. The molecule has 0 fully saturated rings. The van der Waals surface area contributed by atoms with Crippen LogP contribution >= 0.6 is 11.3 Å². The highest BCUT2D eigenvalue weighted by Crippen LogP contribution is 2.27. The molecule has 6 heteroatoms. The normalized spacial score (nSPS) is 10.3. The number of nitrogens with zero attached hydrogens (tertiary/aromatic N) is 1. The van der Waals surface area contributed by atoms with Gasteiger partial charge in [-0.1, -0.05) is 48.5 Å². The predicted octanol–water partition coefficient (Wildman–Crippen LogP) is 3.50. The molecule has 2 aromatic carbocycles. The number of nitrogens with one attached hydrogen (secondary N) is 2. The van der Waals surface area contributed by atoms with E-state index in [4.69, 9.17) is 0 Å². The van der Waals surface area contributed by atoms with Crippen LogP contribution in [0.1, 0.15) is 31.3 Å². The van der Waals surface area contributed by atoms with E-state index < -0.39 is 0 Å². The molecule has 0 aliphatic carbocycles. The van der Waals surface area contributed by atoms with E-state index in [9.17, 15) is 9.59 Å². The van der Waals surface area contributed by atoms with Crippen LogP contribution in [-0.2, 0) is 0 Å². The van der Waals surface area contributed by atoms with Crippen molar-refractivity contribution in [1.29, 1.82) is 0 Å². The van der Waals surface area contributed by atoms with Crippen LogP contribution in [0.25, 0.3) is 10.6 Å². The zero-order valence-corrected chi connectivity index (χ0v) is 14.7. The van der Waals surface area contributed by atoms with E-state index in [1.165, 1.54) is 11.3 Å². The van der Waals surface area contributed by atoms with Crippen LogP contribution in [0.3, 0.4) is 0 Å². The first kappa shape index (κ1) is 16.9. The van der Waals surface area contributed by atoms with Crippen molar-refractivity contribution in [1.82, 2.24) is 15.8 Å². The lowest BCUT2D eigenvalue weighted by atomic mass is 10.1. The third kappa shape index (κ3) is 3.75. The molecule has 0 atom stereocenters. The van der Waals surface area contributed by atoms with E-state index >= 15 is 0 Å². The summed E-state index contributed by atoms with van der Waals surface area (Å²) >= 11 is 1.30. The van der Waals surface area contributed by atoms with Gasteiger partial charge in [0.1, 0.15) is 9.88 Å². The number of carbonyl (C=O) groups excluding carboxylic acids is 2. The first-order valence-corrected chi connectivity index (χ1v) is 8.57. The molecule has 0 bridgehead atoms. The van der Waals surface area contributed by atoms with Gasteiger partial charge in [-0.05, 0) is 25.5 Å². The second-order valence-corrected chi connectivity index (χ2v) is 6.52. The molecule has 0 aliphatic rings. The zero-order valence-electron chi connectivity index (χ0n) is 13.9. The molecule has 0 radical (unpaired) electrons. The molecule has 126 valence electrons. The molecule has 0 saturated heterocycles. The fraction of sp³-hybridized carbons (Fsp3) is 0.105. The number of thiazole rings is 1. The maximum atomic E-state index is 12.4. The highest BCUT2D eigenvalue weighted by atomic mass is 32.1. The lowest BCUT2D eigenvalue weighted by Crippen LogP contribution is -2.41. The molecule has 0 saturated carbocycles. The van der Waals surface area contributed by atoms with Gasteiger partial charge in [0.2, 0.25) is 0 Å². The smallest absolute Gasteiger partial charge is 0.267 e. The Morgan fingerprint density at radius 1 is 0.880 bits per heavy atom. The topological polar surface area (TPSA) is 71.1 Å². The molecule has 0 unspecified atom stereocenters. The lowest BCUT2D eigenvalue weighted by Gasteiger charge is -2.08. The van der Waals surface area contributed by atoms with Gasteiger partial charge in [-0.3, -0.25) is 20.4 Å². The Labute approximate surface area is 149 Å². The highest BCUT2D eigenvalue weighted by molar-refractivity contribution is 7.17. The monoisotopic (exact) mass is 351 g/mol. The highest BCUT2D eigenvalue weighted by Gasteiger charge is 2.17. The van der Waals surface area contributed by atoms with Crippen LogP contribution in [0.15, 0.2) is 54.6 Å². The largest absolute Gasteiger partial charge is 0.281 e. The summed E-state index contributed by atoms with van der Waals surface area (Å²) < 4.78 is 0. The van der Waals surface area contributed by atoms with Crippen LogP contribution in [0.4, 0.5) is 0 Å². The van der Waals surface area contributed by atoms with E-state index in [-0.39, 0.29) is 11.8 Å². The van der Waals surface area contributed by atoms with Gasteiger partial charge in [-0.2, -0.15) is 0 Å². The van der Waals surface area contributed by atoms with Crippen molar-refractivity contribution in [3.63, 3.8) is 0 Å². The van der Waals surface area contributed by atoms with Gasteiger partial charge >= 0.3 is 0 Å². The molecule has 1 aromatic heterocycles. The summed E-state index contributed by atoms with van der Waals surface area (Å²) in [5.41, 5.74) is 7.87. The number of rotatable bonds is 3. The van der Waals surface area contributed by atoms with Crippen molar-refractivity contribution in [3.05, 3.63) is 76.3 Å². The molecule has 3 aromatic rings. The Bertz CT molecular complexity index is 919. The molecule has 3 rings (SSSR count). The van der Waals surface area contributed by atoms with Crippen LogP contribution in [0.5, 0.6) is 0 Å². The summed E-state index contributed by atoms with van der Waals surface area (Å²) in [5.74, 6) is -0.726. The average molecular weight is 351 g/mol. The van der Waals surface area contributed by atoms with Gasteiger partial charge in [0, 0.05) is 11.1 Å². The van der Waals surface area contributed by atoms with Crippen molar-refractivity contribution in [2.45, 2.75) is 13.8 Å². The summed E-state index contributed by atoms with van der Waals surface area (Å²) in [6.07, 6.45) is 0. The van der Waals surface area contributed by atoms with E-state index in [1.807, 2.05) is 49.4 Å². The molecule has 2 N–H and O–H groups in total. The second kappa shape index (κ2) is 7.27. The van der Waals surface area contributed by atoms with Crippen LogP contribution in [0.2, 0.25) is 0 Å². The Kier molecular flexibility index (Phi) is 4.90. The SMILES string of the molecule is Cc1ccccc1C(=O)NNC(=O)c1sc(-c2ccccc2)nc1C. The van der Waals surface area contributed by atoms with Crippen molar-refractivity contribution < 1.29 is 9.59 Å². The summed E-state index contributed by atoms with van der Waals surface area (Å²) in [6, 6.07) is 16.9. The number of hydrogen-bond acceptors (Lipinski definition) is 4. The number of amides is 2. The summed E-state index contributed by atoms with van der Waals surface area (Å²) in [5, 5.41) is 0.772. The summed E-state index contributed by atoms with van der Waals surface area (Å²) in [6.45, 7) is 3.62. The van der Waals surface area contributed by atoms with E-state index in [2.05, 4.69) is 15.8 Å². The first-order chi connectivity index (χ1) is 12.1. The average Bonchev–Trinajstić information content (AvgIpc) is 3.02. The maximum Gasteiger partial charge on any atom is 0.281 e. The van der Waals surface area contributed by atoms with Gasteiger partial charge in [-0.15, -0.1) is 11.3 Å². The molecule has 1 heterocycles. The number of hydrazine groups is 1. The Morgan fingerprint density at radius 3 is 2.24 bits per heavy atom. The van der Waals surface area contributed by atoms with Gasteiger partial charge in [-0.25, -0.2) is 4.98 Å². The predicted molar refractivity (Wildman–Crippen MR) is 98.4 cm³/mol. The van der Waals surface area contributed by atoms with E-state index in [0.29, 0.717) is 16.1 Å². The minimum absolute atomic E-state index is 0.350. The fourth-order valence-corrected chi connectivity index (χ4v) is 3.34. The minimum atomic E-state index is -0.376. The zero-order chi connectivity index (χ0) is 17.8. The third-order valence-corrected chi connectivity index (χ3v) is 4.91. The van der Waals surface area contributed by atoms with Crippen LogP contribution in [0, 0.1) is 13.8 Å². The molecule has 25 heavy (non-hydrogen) atoms.